The highest BCUT2D eigenvalue weighted by molar-refractivity contribution is 9.10. The van der Waals surface area contributed by atoms with Crippen molar-refractivity contribution in [2.24, 2.45) is 0 Å². The second kappa shape index (κ2) is 7.68. The minimum absolute atomic E-state index is 0.146. The number of halogens is 3. The number of hydrogen-bond donors (Lipinski definition) is 0. The second-order valence-electron chi connectivity index (χ2n) is 6.33. The molecule has 0 atom stereocenters. The fourth-order valence-corrected chi connectivity index (χ4v) is 6.27. The first kappa shape index (κ1) is 20.0. The normalized spacial score (nSPS) is 16.1. The zero-order valence-corrected chi connectivity index (χ0v) is 18.4. The summed E-state index contributed by atoms with van der Waals surface area (Å²) in [6, 6.07) is 9.12. The number of rotatable bonds is 3. The van der Waals surface area contributed by atoms with E-state index in [-0.39, 0.29) is 9.92 Å². The van der Waals surface area contributed by atoms with Crippen molar-refractivity contribution in [1.29, 1.82) is 0 Å². The summed E-state index contributed by atoms with van der Waals surface area (Å²) in [7, 11) is -3.64. The summed E-state index contributed by atoms with van der Waals surface area (Å²) in [6.07, 6.45) is 0. The van der Waals surface area contributed by atoms with Gasteiger partial charge in [0.05, 0.1) is 14.9 Å². The van der Waals surface area contributed by atoms with Gasteiger partial charge in [0.1, 0.15) is 0 Å². The Morgan fingerprint density at radius 1 is 0.962 bits per heavy atom. The quantitative estimate of drug-likeness (QED) is 0.591. The van der Waals surface area contributed by atoms with E-state index in [1.54, 1.807) is 0 Å². The molecule has 2 aromatic rings. The Kier molecular flexibility index (Phi) is 5.89. The highest BCUT2D eigenvalue weighted by Gasteiger charge is 2.31. The first-order valence-corrected chi connectivity index (χ1v) is 11.2. The van der Waals surface area contributed by atoms with Crippen LogP contribution in [0.15, 0.2) is 39.7 Å². The molecule has 1 fully saturated rings. The standard InChI is InChI=1S/C18H19BrCl2N2O2S/c1-12-4-3-5-13(2)18(12)22-6-8-23(9-7-22)26(24,25)17-11-16(21)15(20)10-14(17)19/h3-5,10-11H,6-9H2,1-2H3. The maximum Gasteiger partial charge on any atom is 0.244 e. The van der Waals surface area contributed by atoms with E-state index in [4.69, 9.17) is 23.2 Å². The fourth-order valence-electron chi connectivity index (χ4n) is 3.30. The number of hydrogen-bond acceptors (Lipinski definition) is 3. The zero-order chi connectivity index (χ0) is 19.1. The molecule has 4 nitrogen and oxygen atoms in total. The molecule has 0 aromatic heterocycles. The molecular formula is C18H19BrCl2N2O2S. The number of aryl methyl sites for hydroxylation is 2. The van der Waals surface area contributed by atoms with E-state index < -0.39 is 10.0 Å². The Morgan fingerprint density at radius 2 is 1.50 bits per heavy atom. The smallest absolute Gasteiger partial charge is 0.244 e. The molecule has 0 aliphatic carbocycles. The average Bonchev–Trinajstić information content (AvgIpc) is 2.58. The largest absolute Gasteiger partial charge is 0.368 e. The third kappa shape index (κ3) is 3.76. The first-order chi connectivity index (χ1) is 12.2. The van der Waals surface area contributed by atoms with E-state index in [1.165, 1.54) is 33.3 Å². The van der Waals surface area contributed by atoms with Gasteiger partial charge in [0, 0.05) is 36.3 Å². The van der Waals surface area contributed by atoms with Gasteiger partial charge in [-0.15, -0.1) is 0 Å². The highest BCUT2D eigenvalue weighted by atomic mass is 79.9. The molecule has 1 aliphatic rings. The lowest BCUT2D eigenvalue weighted by molar-refractivity contribution is 0.384. The Balaban J connectivity index is 1.82. The summed E-state index contributed by atoms with van der Waals surface area (Å²) in [5.74, 6) is 0. The van der Waals surface area contributed by atoms with Gasteiger partial charge in [-0.1, -0.05) is 41.4 Å². The molecule has 0 saturated carbocycles. The van der Waals surface area contributed by atoms with E-state index in [0.717, 1.165) is 0 Å². The van der Waals surface area contributed by atoms with Crippen LogP contribution in [0, 0.1) is 13.8 Å². The molecular weight excluding hydrogens is 459 g/mol. The summed E-state index contributed by atoms with van der Waals surface area (Å²) >= 11 is 15.3. The minimum atomic E-state index is -3.64. The van der Waals surface area contributed by atoms with Crippen molar-refractivity contribution >= 4 is 54.8 Å². The zero-order valence-electron chi connectivity index (χ0n) is 14.5. The summed E-state index contributed by atoms with van der Waals surface area (Å²) < 4.78 is 28.0. The molecule has 3 rings (SSSR count). The molecule has 0 N–H and O–H groups in total. The Labute approximate surface area is 172 Å². The van der Waals surface area contributed by atoms with E-state index in [9.17, 15) is 8.42 Å². The van der Waals surface area contributed by atoms with E-state index in [1.807, 2.05) is 6.07 Å². The highest BCUT2D eigenvalue weighted by Crippen LogP contribution is 2.34. The van der Waals surface area contributed by atoms with Crippen LogP contribution in [0.4, 0.5) is 5.69 Å². The number of para-hydroxylation sites is 1. The number of benzene rings is 2. The molecule has 8 heteroatoms. The van der Waals surface area contributed by atoms with Gasteiger partial charge in [0.25, 0.3) is 0 Å². The van der Waals surface area contributed by atoms with Crippen LogP contribution in [0.1, 0.15) is 11.1 Å². The van der Waals surface area contributed by atoms with Crippen molar-refractivity contribution in [3.05, 3.63) is 56.0 Å². The molecule has 1 heterocycles. The topological polar surface area (TPSA) is 40.6 Å². The second-order valence-corrected chi connectivity index (χ2v) is 9.90. The summed E-state index contributed by atoms with van der Waals surface area (Å²) in [5, 5.41) is 0.542. The number of piperazine rings is 1. The lowest BCUT2D eigenvalue weighted by Gasteiger charge is -2.37. The van der Waals surface area contributed by atoms with Crippen LogP contribution in [0.5, 0.6) is 0 Å². The predicted octanol–water partition coefficient (Wildman–Crippen LogP) is 4.88. The van der Waals surface area contributed by atoms with Crippen molar-refractivity contribution in [1.82, 2.24) is 4.31 Å². The van der Waals surface area contributed by atoms with Crippen LogP contribution in [-0.2, 0) is 10.0 Å². The van der Waals surface area contributed by atoms with Crippen LogP contribution in [0.25, 0.3) is 0 Å². The third-order valence-corrected chi connectivity index (χ3v) is 8.17. The first-order valence-electron chi connectivity index (χ1n) is 8.17. The monoisotopic (exact) mass is 476 g/mol. The SMILES string of the molecule is Cc1cccc(C)c1N1CCN(S(=O)(=O)c2cc(Cl)c(Cl)cc2Br)CC1. The molecule has 0 radical (unpaired) electrons. The molecule has 0 unspecified atom stereocenters. The Bertz CT molecular complexity index is 922. The summed E-state index contributed by atoms with van der Waals surface area (Å²) in [4.78, 5) is 2.40. The maximum atomic E-state index is 13.0. The summed E-state index contributed by atoms with van der Waals surface area (Å²) in [6.45, 7) is 6.29. The fraction of sp³-hybridized carbons (Fsp3) is 0.333. The minimum Gasteiger partial charge on any atom is -0.368 e. The van der Waals surface area contributed by atoms with Gasteiger partial charge < -0.3 is 4.90 Å². The molecule has 0 amide bonds. The van der Waals surface area contributed by atoms with E-state index in [0.29, 0.717) is 35.7 Å². The van der Waals surface area contributed by atoms with E-state index in [2.05, 4.69) is 46.8 Å². The average molecular weight is 478 g/mol. The Morgan fingerprint density at radius 3 is 2.08 bits per heavy atom. The van der Waals surface area contributed by atoms with Gasteiger partial charge in [-0.3, -0.25) is 0 Å². The van der Waals surface area contributed by atoms with Crippen molar-refractivity contribution in [2.75, 3.05) is 31.1 Å². The number of sulfonamides is 1. The van der Waals surface area contributed by atoms with Gasteiger partial charge in [-0.05, 0) is 53.0 Å². The molecule has 0 spiro atoms. The predicted molar refractivity (Wildman–Crippen MR) is 111 cm³/mol. The summed E-state index contributed by atoms with van der Waals surface area (Å²) in [5.41, 5.74) is 3.60. The molecule has 1 aliphatic heterocycles. The van der Waals surface area contributed by atoms with Gasteiger partial charge in [-0.2, -0.15) is 4.31 Å². The number of nitrogens with zero attached hydrogens (tertiary/aromatic N) is 2. The maximum absolute atomic E-state index is 13.0. The van der Waals surface area contributed by atoms with Crippen LogP contribution in [0.2, 0.25) is 10.0 Å². The third-order valence-electron chi connectivity index (χ3n) is 4.59. The van der Waals surface area contributed by atoms with Crippen LogP contribution in [0.3, 0.4) is 0 Å². The molecule has 140 valence electrons. The van der Waals surface area contributed by atoms with Gasteiger partial charge in [-0.25, -0.2) is 8.42 Å². The van der Waals surface area contributed by atoms with Crippen LogP contribution in [-0.4, -0.2) is 38.9 Å². The van der Waals surface area contributed by atoms with Crippen molar-refractivity contribution < 1.29 is 8.42 Å². The van der Waals surface area contributed by atoms with Crippen LogP contribution < -0.4 is 4.90 Å². The number of anilines is 1. The lowest BCUT2D eigenvalue weighted by atomic mass is 10.1. The van der Waals surface area contributed by atoms with E-state index >= 15 is 0 Å². The lowest BCUT2D eigenvalue weighted by Crippen LogP contribution is -2.49. The van der Waals surface area contributed by atoms with Crippen molar-refractivity contribution in [2.45, 2.75) is 18.7 Å². The molecule has 0 bridgehead atoms. The van der Waals surface area contributed by atoms with Gasteiger partial charge >= 0.3 is 0 Å². The molecule has 2 aromatic carbocycles. The van der Waals surface area contributed by atoms with Crippen molar-refractivity contribution in [3.63, 3.8) is 0 Å². The van der Waals surface area contributed by atoms with Gasteiger partial charge in [0.15, 0.2) is 0 Å². The van der Waals surface area contributed by atoms with Gasteiger partial charge in [0.2, 0.25) is 10.0 Å². The Hall–Kier alpha value is -0.790. The molecule has 26 heavy (non-hydrogen) atoms. The van der Waals surface area contributed by atoms with Crippen molar-refractivity contribution in [3.8, 4) is 0 Å². The van der Waals surface area contributed by atoms with Crippen LogP contribution >= 0.6 is 39.1 Å². The molecule has 1 saturated heterocycles.